The lowest BCUT2D eigenvalue weighted by molar-refractivity contribution is -0.145. The topological polar surface area (TPSA) is 56.2 Å². The molecule has 0 unspecified atom stereocenters. The zero-order valence-electron chi connectivity index (χ0n) is 22.8. The molecule has 3 heterocycles. The van der Waals surface area contributed by atoms with Crippen molar-refractivity contribution in [1.29, 1.82) is 0 Å². The Morgan fingerprint density at radius 3 is 2.35 bits per heavy atom. The number of aliphatic carboxylic acids is 1. The lowest BCUT2D eigenvalue weighted by atomic mass is 9.83. The maximum Gasteiger partial charge on any atom is 0.321 e. The quantitative estimate of drug-likeness (QED) is 0.497. The molecule has 5 rings (SSSR count). The maximum absolute atomic E-state index is 12.5. The monoisotopic (exact) mass is 511 g/mol. The van der Waals surface area contributed by atoms with Gasteiger partial charge in [-0.2, -0.15) is 0 Å². The third-order valence-electron chi connectivity index (χ3n) is 9.83. The van der Waals surface area contributed by atoms with Crippen LogP contribution in [0.5, 0.6) is 0 Å². The summed E-state index contributed by atoms with van der Waals surface area (Å²) in [6, 6.07) is 10.6. The normalized spacial score (nSPS) is 28.4. The highest BCUT2D eigenvalue weighted by Crippen LogP contribution is 2.38. The number of piperidine rings is 1. The van der Waals surface area contributed by atoms with Gasteiger partial charge in [-0.25, -0.2) is 0 Å². The first kappa shape index (κ1) is 27.1. The molecular weight excluding hydrogens is 462 g/mol. The van der Waals surface area contributed by atoms with E-state index in [0.717, 1.165) is 64.7 Å². The summed E-state index contributed by atoms with van der Waals surface area (Å²) in [5.41, 5.74) is 1.39. The largest absolute Gasteiger partial charge is 0.480 e. The second-order valence-corrected chi connectivity index (χ2v) is 12.3. The molecule has 4 fully saturated rings. The van der Waals surface area contributed by atoms with Crippen LogP contribution in [0, 0.1) is 17.8 Å². The molecule has 0 amide bonds. The van der Waals surface area contributed by atoms with E-state index in [1.54, 1.807) is 0 Å². The summed E-state index contributed by atoms with van der Waals surface area (Å²) in [7, 11) is 0. The molecule has 0 spiro atoms. The molecule has 6 nitrogen and oxygen atoms in total. The minimum atomic E-state index is -0.600. The number of hydrogen-bond acceptors (Lipinski definition) is 5. The minimum Gasteiger partial charge on any atom is -0.480 e. The van der Waals surface area contributed by atoms with Crippen molar-refractivity contribution in [1.82, 2.24) is 14.7 Å². The van der Waals surface area contributed by atoms with Crippen molar-refractivity contribution in [2.75, 3.05) is 65.6 Å². The number of carboxylic acids is 1. The Balaban J connectivity index is 1.15. The summed E-state index contributed by atoms with van der Waals surface area (Å²) in [4.78, 5) is 20.1. The van der Waals surface area contributed by atoms with Gasteiger partial charge in [0.2, 0.25) is 0 Å². The van der Waals surface area contributed by atoms with Crippen molar-refractivity contribution >= 4 is 5.97 Å². The Hall–Kier alpha value is -1.47. The maximum atomic E-state index is 12.5. The molecule has 0 aromatic heterocycles. The van der Waals surface area contributed by atoms with Crippen molar-refractivity contribution in [2.45, 2.75) is 69.7 Å². The second kappa shape index (κ2) is 13.5. The van der Waals surface area contributed by atoms with E-state index < -0.39 is 5.97 Å². The Morgan fingerprint density at radius 2 is 1.65 bits per heavy atom. The number of carboxylic acid groups (broad SMARTS) is 1. The van der Waals surface area contributed by atoms with Crippen LogP contribution in [0.1, 0.15) is 69.3 Å². The van der Waals surface area contributed by atoms with Gasteiger partial charge in [0, 0.05) is 38.6 Å². The third kappa shape index (κ3) is 7.35. The van der Waals surface area contributed by atoms with E-state index in [0.29, 0.717) is 17.8 Å². The Bertz CT molecular complexity index is 816. The van der Waals surface area contributed by atoms with E-state index in [1.807, 2.05) is 0 Å². The first-order chi connectivity index (χ1) is 18.2. The van der Waals surface area contributed by atoms with E-state index in [4.69, 9.17) is 4.74 Å². The van der Waals surface area contributed by atoms with Crippen LogP contribution in [0.2, 0.25) is 0 Å². The molecule has 0 radical (unpaired) electrons. The number of ether oxygens (including phenoxy) is 1. The van der Waals surface area contributed by atoms with Crippen molar-refractivity contribution in [2.24, 2.45) is 17.8 Å². The van der Waals surface area contributed by atoms with Gasteiger partial charge in [0.25, 0.3) is 0 Å². The van der Waals surface area contributed by atoms with Gasteiger partial charge in [0.1, 0.15) is 6.04 Å². The average molecular weight is 512 g/mol. The fourth-order valence-electron chi connectivity index (χ4n) is 7.72. The molecule has 4 aliphatic rings. The Morgan fingerprint density at radius 1 is 0.919 bits per heavy atom. The lowest BCUT2D eigenvalue weighted by Gasteiger charge is -2.35. The molecule has 0 bridgehead atoms. The minimum absolute atomic E-state index is 0.311. The number of morpholine rings is 1. The van der Waals surface area contributed by atoms with Crippen LogP contribution in [-0.4, -0.2) is 97.4 Å². The molecule has 1 aromatic rings. The van der Waals surface area contributed by atoms with Crippen LogP contribution < -0.4 is 0 Å². The molecule has 6 heteroatoms. The summed E-state index contributed by atoms with van der Waals surface area (Å²) in [6.07, 6.45) is 11.1. The van der Waals surface area contributed by atoms with Gasteiger partial charge < -0.3 is 14.7 Å². The Labute approximate surface area is 224 Å². The van der Waals surface area contributed by atoms with E-state index in [1.165, 1.54) is 70.1 Å². The number of nitrogens with zero attached hydrogens (tertiary/aromatic N) is 3. The number of benzene rings is 1. The zero-order chi connectivity index (χ0) is 25.5. The van der Waals surface area contributed by atoms with Crippen molar-refractivity contribution in [3.05, 3.63) is 35.9 Å². The van der Waals surface area contributed by atoms with Crippen LogP contribution in [0.15, 0.2) is 30.3 Å². The van der Waals surface area contributed by atoms with E-state index in [2.05, 4.69) is 45.0 Å². The fourth-order valence-corrected chi connectivity index (χ4v) is 7.72. The lowest BCUT2D eigenvalue weighted by Crippen LogP contribution is -2.46. The molecule has 1 N–H and O–H groups in total. The van der Waals surface area contributed by atoms with Crippen molar-refractivity contribution < 1.29 is 14.6 Å². The summed E-state index contributed by atoms with van der Waals surface area (Å²) >= 11 is 0. The summed E-state index contributed by atoms with van der Waals surface area (Å²) < 4.78 is 5.48. The standard InChI is InChI=1S/C31H49N3O3/c35-31(36)30(27-11-5-2-6-12-27)34-23-28(29(24-34)26-9-3-1-4-10-26)22-33-16-13-25(14-17-33)8-7-15-32-18-20-37-21-19-32/h1,3-4,9-10,25,27-30H,2,5-8,11-24H2,(H,35,36)/t28-,29+,30+/m0/s1. The van der Waals surface area contributed by atoms with Gasteiger partial charge in [-0.3, -0.25) is 14.6 Å². The highest BCUT2D eigenvalue weighted by molar-refractivity contribution is 5.74. The molecule has 1 aliphatic carbocycles. The van der Waals surface area contributed by atoms with Gasteiger partial charge in [-0.05, 0) is 81.5 Å². The molecule has 37 heavy (non-hydrogen) atoms. The molecule has 1 saturated carbocycles. The molecule has 3 aliphatic heterocycles. The predicted octanol–water partition coefficient (Wildman–Crippen LogP) is 4.56. The predicted molar refractivity (Wildman–Crippen MR) is 148 cm³/mol. The molecule has 206 valence electrons. The first-order valence-electron chi connectivity index (χ1n) is 15.2. The summed E-state index contributed by atoms with van der Waals surface area (Å²) in [6.45, 7) is 10.5. The van der Waals surface area contributed by atoms with Gasteiger partial charge in [-0.1, -0.05) is 49.6 Å². The number of hydrogen-bond donors (Lipinski definition) is 1. The van der Waals surface area contributed by atoms with E-state index in [9.17, 15) is 9.90 Å². The number of carbonyl (C=O) groups is 1. The zero-order valence-corrected chi connectivity index (χ0v) is 22.8. The second-order valence-electron chi connectivity index (χ2n) is 12.3. The van der Waals surface area contributed by atoms with Gasteiger partial charge in [0.05, 0.1) is 13.2 Å². The van der Waals surface area contributed by atoms with E-state index >= 15 is 0 Å². The first-order valence-corrected chi connectivity index (χ1v) is 15.2. The van der Waals surface area contributed by atoms with Gasteiger partial charge in [-0.15, -0.1) is 0 Å². The summed E-state index contributed by atoms with van der Waals surface area (Å²) in [5, 5.41) is 10.3. The van der Waals surface area contributed by atoms with Crippen molar-refractivity contribution in [3.8, 4) is 0 Å². The summed E-state index contributed by atoms with van der Waals surface area (Å²) in [5.74, 6) is 1.51. The molecule has 1 aromatic carbocycles. The smallest absolute Gasteiger partial charge is 0.321 e. The van der Waals surface area contributed by atoms with E-state index in [-0.39, 0.29) is 6.04 Å². The van der Waals surface area contributed by atoms with Gasteiger partial charge >= 0.3 is 5.97 Å². The molecule has 3 saturated heterocycles. The van der Waals surface area contributed by atoms with Crippen LogP contribution >= 0.6 is 0 Å². The molecule has 3 atom stereocenters. The highest BCUT2D eigenvalue weighted by atomic mass is 16.5. The van der Waals surface area contributed by atoms with Crippen LogP contribution in [0.4, 0.5) is 0 Å². The number of likely N-dealkylation sites (tertiary alicyclic amines) is 2. The molecular formula is C31H49N3O3. The van der Waals surface area contributed by atoms with Crippen LogP contribution in [0.25, 0.3) is 0 Å². The van der Waals surface area contributed by atoms with Crippen molar-refractivity contribution in [3.63, 3.8) is 0 Å². The van der Waals surface area contributed by atoms with Crippen LogP contribution in [0.3, 0.4) is 0 Å². The SMILES string of the molecule is O=C(O)[C@@H](C1CCCCC1)N1C[C@H](CN2CCC(CCCN3CCOCC3)CC2)[C@@H](c2ccccc2)C1. The highest BCUT2D eigenvalue weighted by Gasteiger charge is 2.43. The fraction of sp³-hybridized carbons (Fsp3) is 0.774. The van der Waals surface area contributed by atoms with Gasteiger partial charge in [0.15, 0.2) is 0 Å². The number of rotatable bonds is 10. The Kier molecular flexibility index (Phi) is 9.93. The van der Waals surface area contributed by atoms with Crippen LogP contribution in [-0.2, 0) is 9.53 Å². The third-order valence-corrected chi connectivity index (χ3v) is 9.83. The average Bonchev–Trinajstić information content (AvgIpc) is 3.34.